The van der Waals surface area contributed by atoms with Gasteiger partial charge in [0.1, 0.15) is 5.82 Å². The molecule has 2 rings (SSSR count). The third kappa shape index (κ3) is 3.48. The Morgan fingerprint density at radius 1 is 1.21 bits per heavy atom. The highest BCUT2D eigenvalue weighted by Crippen LogP contribution is 2.29. The Morgan fingerprint density at radius 3 is 2.63 bits per heavy atom. The van der Waals surface area contributed by atoms with Crippen molar-refractivity contribution in [3.05, 3.63) is 67.9 Å². The second-order valence-electron chi connectivity index (χ2n) is 4.11. The lowest BCUT2D eigenvalue weighted by Gasteiger charge is -2.13. The quantitative estimate of drug-likeness (QED) is 0.797. The molecule has 0 fully saturated rings. The van der Waals surface area contributed by atoms with Crippen molar-refractivity contribution in [2.45, 2.75) is 12.5 Å². The largest absolute Gasteiger partial charge is 0.388 e. The predicted octanol–water partition coefficient (Wildman–Crippen LogP) is 5.17. The molecule has 0 bridgehead atoms. The fraction of sp³-hybridized carbons (Fsp3) is 0.143. The van der Waals surface area contributed by atoms with Crippen LogP contribution in [0.1, 0.15) is 17.2 Å². The SMILES string of the molecule is OC(Cc1cccc(F)c1Cl)c1ccc(Br)c(Cl)c1. The third-order valence-corrected chi connectivity index (χ3v) is 4.43. The van der Waals surface area contributed by atoms with Gasteiger partial charge in [-0.25, -0.2) is 4.39 Å². The summed E-state index contributed by atoms with van der Waals surface area (Å²) in [6.07, 6.45) is -0.556. The minimum atomic E-state index is -0.787. The molecule has 19 heavy (non-hydrogen) atoms. The molecule has 1 unspecified atom stereocenters. The molecular formula is C14H10BrCl2FO. The van der Waals surface area contributed by atoms with Crippen LogP contribution in [0.25, 0.3) is 0 Å². The summed E-state index contributed by atoms with van der Waals surface area (Å²) in [4.78, 5) is 0. The first-order chi connectivity index (χ1) is 8.99. The Balaban J connectivity index is 2.23. The van der Waals surface area contributed by atoms with E-state index in [0.717, 1.165) is 4.47 Å². The van der Waals surface area contributed by atoms with Crippen molar-refractivity contribution in [3.63, 3.8) is 0 Å². The standard InChI is InChI=1S/C14H10BrCl2FO/c15-10-5-4-8(6-11(10)16)13(19)7-9-2-1-3-12(18)14(9)17/h1-6,13,19H,7H2. The molecule has 2 aromatic carbocycles. The van der Waals surface area contributed by atoms with Gasteiger partial charge in [0, 0.05) is 10.9 Å². The van der Waals surface area contributed by atoms with Gasteiger partial charge in [-0.15, -0.1) is 0 Å². The minimum absolute atomic E-state index is 0.0461. The van der Waals surface area contributed by atoms with Crippen molar-refractivity contribution in [1.82, 2.24) is 0 Å². The highest BCUT2D eigenvalue weighted by atomic mass is 79.9. The maximum Gasteiger partial charge on any atom is 0.142 e. The molecule has 0 aliphatic rings. The van der Waals surface area contributed by atoms with E-state index in [1.807, 2.05) is 0 Å². The van der Waals surface area contributed by atoms with E-state index < -0.39 is 11.9 Å². The Bertz CT molecular complexity index is 604. The second-order valence-corrected chi connectivity index (χ2v) is 5.75. The van der Waals surface area contributed by atoms with Crippen molar-refractivity contribution >= 4 is 39.1 Å². The molecule has 1 atom stereocenters. The smallest absolute Gasteiger partial charge is 0.142 e. The predicted molar refractivity (Wildman–Crippen MR) is 79.2 cm³/mol. The third-order valence-electron chi connectivity index (χ3n) is 2.77. The monoisotopic (exact) mass is 362 g/mol. The van der Waals surface area contributed by atoms with Crippen LogP contribution < -0.4 is 0 Å². The molecule has 0 amide bonds. The van der Waals surface area contributed by atoms with Crippen LogP contribution in [-0.2, 0) is 6.42 Å². The Labute approximate surface area is 129 Å². The maximum absolute atomic E-state index is 13.3. The molecule has 0 heterocycles. The highest BCUT2D eigenvalue weighted by Gasteiger charge is 2.14. The number of benzene rings is 2. The number of halogens is 4. The summed E-state index contributed by atoms with van der Waals surface area (Å²) >= 11 is 15.1. The summed E-state index contributed by atoms with van der Waals surface area (Å²) in [6, 6.07) is 9.73. The first kappa shape index (κ1) is 14.8. The second kappa shape index (κ2) is 6.23. The topological polar surface area (TPSA) is 20.2 Å². The number of hydrogen-bond donors (Lipinski definition) is 1. The van der Waals surface area contributed by atoms with Crippen LogP contribution in [0.5, 0.6) is 0 Å². The summed E-state index contributed by atoms with van der Waals surface area (Å²) < 4.78 is 14.1. The summed E-state index contributed by atoms with van der Waals surface area (Å²) in [5.74, 6) is -0.486. The number of aliphatic hydroxyl groups excluding tert-OH is 1. The van der Waals surface area contributed by atoms with Gasteiger partial charge in [-0.3, -0.25) is 0 Å². The Morgan fingerprint density at radius 2 is 1.95 bits per heavy atom. The zero-order chi connectivity index (χ0) is 14.0. The molecule has 0 aliphatic carbocycles. The summed E-state index contributed by atoms with van der Waals surface area (Å²) in [6.45, 7) is 0. The summed E-state index contributed by atoms with van der Waals surface area (Å²) in [5.41, 5.74) is 1.22. The zero-order valence-electron chi connectivity index (χ0n) is 9.71. The van der Waals surface area contributed by atoms with E-state index in [0.29, 0.717) is 16.1 Å². The van der Waals surface area contributed by atoms with Gasteiger partial charge in [-0.1, -0.05) is 41.4 Å². The van der Waals surface area contributed by atoms with E-state index in [2.05, 4.69) is 15.9 Å². The average Bonchev–Trinajstić information content (AvgIpc) is 2.38. The zero-order valence-corrected chi connectivity index (χ0v) is 12.8. The van der Waals surface area contributed by atoms with E-state index in [-0.39, 0.29) is 11.4 Å². The molecule has 1 nitrogen and oxygen atoms in total. The van der Waals surface area contributed by atoms with E-state index in [1.54, 1.807) is 30.3 Å². The Kier molecular flexibility index (Phi) is 4.85. The number of rotatable bonds is 3. The van der Waals surface area contributed by atoms with Crippen molar-refractivity contribution in [2.24, 2.45) is 0 Å². The molecule has 100 valence electrons. The number of hydrogen-bond acceptors (Lipinski definition) is 1. The highest BCUT2D eigenvalue weighted by molar-refractivity contribution is 9.10. The van der Waals surface area contributed by atoms with Crippen LogP contribution in [0.4, 0.5) is 4.39 Å². The van der Waals surface area contributed by atoms with Crippen molar-refractivity contribution in [1.29, 1.82) is 0 Å². The van der Waals surface area contributed by atoms with Gasteiger partial charge in [0.05, 0.1) is 16.1 Å². The van der Waals surface area contributed by atoms with E-state index in [1.165, 1.54) is 6.07 Å². The van der Waals surface area contributed by atoms with Gasteiger partial charge in [0.2, 0.25) is 0 Å². The molecular weight excluding hydrogens is 354 g/mol. The van der Waals surface area contributed by atoms with Gasteiger partial charge < -0.3 is 5.11 Å². The summed E-state index contributed by atoms with van der Waals surface area (Å²) in [5, 5.41) is 10.7. The molecule has 2 aromatic rings. The van der Waals surface area contributed by atoms with Gasteiger partial charge in [0.25, 0.3) is 0 Å². The molecule has 5 heteroatoms. The summed E-state index contributed by atoms with van der Waals surface area (Å²) in [7, 11) is 0. The van der Waals surface area contributed by atoms with Crippen LogP contribution in [-0.4, -0.2) is 5.11 Å². The lowest BCUT2D eigenvalue weighted by atomic mass is 10.0. The van der Waals surface area contributed by atoms with Crippen LogP contribution in [0.3, 0.4) is 0 Å². The molecule has 0 aliphatic heterocycles. The van der Waals surface area contributed by atoms with Gasteiger partial charge in [0.15, 0.2) is 0 Å². The molecule has 0 saturated heterocycles. The first-order valence-corrected chi connectivity index (χ1v) is 7.10. The fourth-order valence-electron chi connectivity index (χ4n) is 1.75. The lowest BCUT2D eigenvalue weighted by Crippen LogP contribution is -2.03. The van der Waals surface area contributed by atoms with Crippen LogP contribution in [0, 0.1) is 5.82 Å². The molecule has 0 radical (unpaired) electrons. The molecule has 0 spiro atoms. The van der Waals surface area contributed by atoms with E-state index in [9.17, 15) is 9.50 Å². The van der Waals surface area contributed by atoms with E-state index >= 15 is 0 Å². The van der Waals surface area contributed by atoms with Crippen LogP contribution in [0.15, 0.2) is 40.9 Å². The first-order valence-electron chi connectivity index (χ1n) is 5.55. The molecule has 0 saturated carbocycles. The van der Waals surface area contributed by atoms with Gasteiger partial charge in [-0.05, 0) is 45.3 Å². The van der Waals surface area contributed by atoms with Crippen molar-refractivity contribution in [2.75, 3.05) is 0 Å². The van der Waals surface area contributed by atoms with Gasteiger partial charge >= 0.3 is 0 Å². The molecule has 1 N–H and O–H groups in total. The normalized spacial score (nSPS) is 12.5. The maximum atomic E-state index is 13.3. The average molecular weight is 364 g/mol. The van der Waals surface area contributed by atoms with Crippen molar-refractivity contribution in [3.8, 4) is 0 Å². The van der Waals surface area contributed by atoms with Crippen molar-refractivity contribution < 1.29 is 9.50 Å². The lowest BCUT2D eigenvalue weighted by molar-refractivity contribution is 0.178. The fourth-order valence-corrected chi connectivity index (χ4v) is 2.39. The van der Waals surface area contributed by atoms with E-state index in [4.69, 9.17) is 23.2 Å². The Hall–Kier alpha value is -0.610. The number of aliphatic hydroxyl groups is 1. The van der Waals surface area contributed by atoms with Crippen LogP contribution in [0.2, 0.25) is 10.0 Å². The molecule has 0 aromatic heterocycles. The minimum Gasteiger partial charge on any atom is -0.388 e. The van der Waals surface area contributed by atoms with Gasteiger partial charge in [-0.2, -0.15) is 0 Å². The van der Waals surface area contributed by atoms with Crippen LogP contribution >= 0.6 is 39.1 Å².